The third kappa shape index (κ3) is 4.29. The number of nitrogens with one attached hydrogen (secondary N) is 1. The normalized spacial score (nSPS) is 17.8. The third-order valence-electron chi connectivity index (χ3n) is 9.60. The monoisotopic (exact) mass is 652 g/mol. The fraction of sp³-hybridized carbons (Fsp3) is 0.314. The van der Waals surface area contributed by atoms with Crippen LogP contribution in [0.2, 0.25) is 0 Å². The zero-order valence-electron chi connectivity index (χ0n) is 27.4. The van der Waals surface area contributed by atoms with Crippen LogP contribution in [0.3, 0.4) is 0 Å². The molecule has 0 saturated carbocycles. The van der Waals surface area contributed by atoms with Crippen LogP contribution < -0.4 is 15.5 Å². The molecule has 0 bridgehead atoms. The minimum atomic E-state index is -1.04. The summed E-state index contributed by atoms with van der Waals surface area (Å²) in [7, 11) is 1.42. The number of hydrogen-bond acceptors (Lipinski definition) is 7. The lowest BCUT2D eigenvalue weighted by molar-refractivity contribution is -0.130. The minimum Gasteiger partial charge on any atom is -0.340 e. The summed E-state index contributed by atoms with van der Waals surface area (Å²) in [6, 6.07) is 3.74. The van der Waals surface area contributed by atoms with Gasteiger partial charge in [0, 0.05) is 36.8 Å². The predicted octanol–water partition coefficient (Wildman–Crippen LogP) is 4.91. The molecule has 7 rings (SSSR count). The maximum atomic E-state index is 17.7. The molecule has 2 unspecified atom stereocenters. The molecule has 2 aromatic carbocycles. The summed E-state index contributed by atoms with van der Waals surface area (Å²) in [5.74, 6) is -3.10. The molecule has 13 heteroatoms. The van der Waals surface area contributed by atoms with Gasteiger partial charge in [-0.1, -0.05) is 26.5 Å². The molecule has 0 aliphatic carbocycles. The maximum Gasteiger partial charge on any atom is 0.354 e. The summed E-state index contributed by atoms with van der Waals surface area (Å²) in [6.45, 7) is 12.7. The van der Waals surface area contributed by atoms with Gasteiger partial charge in [-0.05, 0) is 56.0 Å². The highest BCUT2D eigenvalue weighted by Crippen LogP contribution is 2.47. The van der Waals surface area contributed by atoms with E-state index < -0.39 is 40.9 Å². The van der Waals surface area contributed by atoms with Crippen LogP contribution in [-0.2, 0) is 9.59 Å². The number of H-pyrrole nitrogens is 1. The Morgan fingerprint density at radius 1 is 1.06 bits per heavy atom. The molecule has 5 heterocycles. The molecule has 48 heavy (non-hydrogen) atoms. The van der Waals surface area contributed by atoms with Crippen molar-refractivity contribution in [3.8, 4) is 16.8 Å². The number of amides is 2. The van der Waals surface area contributed by atoms with Crippen molar-refractivity contribution in [3.63, 3.8) is 0 Å². The van der Waals surface area contributed by atoms with E-state index in [0.29, 0.717) is 33.4 Å². The van der Waals surface area contributed by atoms with Gasteiger partial charge in [0.25, 0.3) is 5.91 Å². The van der Waals surface area contributed by atoms with E-state index in [-0.39, 0.29) is 52.9 Å². The van der Waals surface area contributed by atoms with Crippen molar-refractivity contribution in [3.05, 3.63) is 82.2 Å². The summed E-state index contributed by atoms with van der Waals surface area (Å²) < 4.78 is 36.3. The van der Waals surface area contributed by atoms with Crippen molar-refractivity contribution in [1.82, 2.24) is 29.6 Å². The Morgan fingerprint density at radius 3 is 2.52 bits per heavy atom. The highest BCUT2D eigenvalue weighted by atomic mass is 19.1. The number of likely N-dealkylation sites (N-methyl/N-ethyl adjacent to an activating group) is 1. The molecule has 5 aromatic rings. The number of aromatic nitrogens is 5. The Kier molecular flexibility index (Phi) is 7.18. The van der Waals surface area contributed by atoms with Gasteiger partial charge < -0.3 is 14.7 Å². The Labute approximate surface area is 274 Å². The molecule has 2 aliphatic heterocycles. The van der Waals surface area contributed by atoms with Gasteiger partial charge in [-0.25, -0.2) is 13.6 Å². The fourth-order valence-corrected chi connectivity index (χ4v) is 7.25. The Balaban J connectivity index is 1.68. The van der Waals surface area contributed by atoms with Crippen LogP contribution >= 0.6 is 0 Å². The number of piperazine rings is 1. The lowest BCUT2D eigenvalue weighted by atomic mass is 9.93. The second-order valence-corrected chi connectivity index (χ2v) is 12.8. The van der Waals surface area contributed by atoms with Gasteiger partial charge in [0.05, 0.1) is 46.3 Å². The van der Waals surface area contributed by atoms with Crippen molar-refractivity contribution >= 4 is 45.1 Å². The van der Waals surface area contributed by atoms with Crippen LogP contribution in [-0.4, -0.2) is 73.7 Å². The van der Waals surface area contributed by atoms with Crippen LogP contribution in [0.25, 0.3) is 38.6 Å². The number of benzene rings is 2. The number of fused-ring (bicyclic) bond motifs is 3. The smallest absolute Gasteiger partial charge is 0.340 e. The highest BCUT2D eigenvalue weighted by Gasteiger charge is 2.45. The van der Waals surface area contributed by atoms with E-state index in [2.05, 4.69) is 26.7 Å². The number of aromatic amines is 1. The van der Waals surface area contributed by atoms with Crippen molar-refractivity contribution in [2.45, 2.75) is 52.6 Å². The van der Waals surface area contributed by atoms with E-state index in [1.54, 1.807) is 50.1 Å². The van der Waals surface area contributed by atoms with Crippen LogP contribution in [0.15, 0.2) is 48.0 Å². The van der Waals surface area contributed by atoms with E-state index >= 15 is 8.78 Å². The van der Waals surface area contributed by atoms with Crippen molar-refractivity contribution < 1.29 is 18.4 Å². The fourth-order valence-electron chi connectivity index (χ4n) is 7.25. The molecule has 0 spiro atoms. The molecule has 3 aromatic heterocycles. The van der Waals surface area contributed by atoms with Gasteiger partial charge in [0.2, 0.25) is 5.91 Å². The first-order chi connectivity index (χ1) is 22.9. The Morgan fingerprint density at radius 2 is 1.81 bits per heavy atom. The predicted molar refractivity (Wildman–Crippen MR) is 180 cm³/mol. The van der Waals surface area contributed by atoms with Gasteiger partial charge in [0.1, 0.15) is 17.4 Å². The van der Waals surface area contributed by atoms with Crippen molar-refractivity contribution in [1.29, 1.82) is 0 Å². The molecule has 0 radical (unpaired) electrons. The molecule has 2 amide bonds. The van der Waals surface area contributed by atoms with E-state index in [4.69, 9.17) is 0 Å². The van der Waals surface area contributed by atoms with Crippen LogP contribution in [0, 0.1) is 25.5 Å². The average molecular weight is 653 g/mol. The van der Waals surface area contributed by atoms with Gasteiger partial charge in [-0.3, -0.25) is 24.2 Å². The second kappa shape index (κ2) is 11.1. The molecule has 1 saturated heterocycles. The zero-order chi connectivity index (χ0) is 34.3. The van der Waals surface area contributed by atoms with Crippen LogP contribution in [0.1, 0.15) is 43.5 Å². The molecule has 1 fully saturated rings. The first-order valence-corrected chi connectivity index (χ1v) is 15.7. The lowest BCUT2D eigenvalue weighted by Gasteiger charge is -2.44. The summed E-state index contributed by atoms with van der Waals surface area (Å²) in [4.78, 5) is 54.8. The Hall–Kier alpha value is -5.46. The van der Waals surface area contributed by atoms with Crippen molar-refractivity contribution in [2.24, 2.45) is 0 Å². The van der Waals surface area contributed by atoms with E-state index in [1.165, 1.54) is 28.8 Å². The summed E-state index contributed by atoms with van der Waals surface area (Å²) in [5, 5.41) is 7.41. The lowest BCUT2D eigenvalue weighted by Crippen LogP contribution is -2.63. The van der Waals surface area contributed by atoms with Gasteiger partial charge >= 0.3 is 5.69 Å². The zero-order valence-corrected chi connectivity index (χ0v) is 27.4. The maximum absolute atomic E-state index is 17.7. The number of aryl methyl sites for hydroxylation is 2. The number of nitrogens with zero attached hydrogens (tertiary/aromatic N) is 7. The largest absolute Gasteiger partial charge is 0.354 e. The quantitative estimate of drug-likeness (QED) is 0.274. The number of carbonyl (C=O) groups excluding carboxylic acids is 2. The number of carbonyl (C=O) groups is 2. The molecule has 2 aliphatic rings. The summed E-state index contributed by atoms with van der Waals surface area (Å²) in [6.07, 6.45) is 4.29. The molecular weight excluding hydrogens is 618 g/mol. The number of halogens is 2. The summed E-state index contributed by atoms with van der Waals surface area (Å²) >= 11 is 0. The second-order valence-electron chi connectivity index (χ2n) is 12.8. The number of anilines is 2. The standard InChI is InChI=1S/C35H34F2N8O3/c1-8-23(46)43-15-22-34(47)42(7)31-26-32(28(37)25(27(31)36)24-17(4)9-10-21-20(24)13-39-41-21)45(30-18(5)11-12-38-29(30)16(2)3)35(48)40-33(26)44(22)14-19(43)6/h8-13,16,19,22H,1,14-15H2,2-7H3,(H,39,41). The topological polar surface area (TPSA) is 120 Å². The molecule has 246 valence electrons. The van der Waals surface area contributed by atoms with Crippen molar-refractivity contribution in [2.75, 3.05) is 29.9 Å². The SMILES string of the molecule is C=CC(=O)N1CC2C(=O)N(C)c3c(F)c(-c4c(C)ccc5[nH]ncc45)c(F)c4c3c(nc(=O)n4-c3c(C)ccnc3C(C)C)N2CC1C. The summed E-state index contributed by atoms with van der Waals surface area (Å²) in [5.41, 5.74) is 1.17. The van der Waals surface area contributed by atoms with Crippen LogP contribution in [0.4, 0.5) is 20.3 Å². The van der Waals surface area contributed by atoms with Crippen LogP contribution in [0.5, 0.6) is 0 Å². The molecule has 11 nitrogen and oxygen atoms in total. The van der Waals surface area contributed by atoms with Gasteiger partial charge in [-0.2, -0.15) is 10.1 Å². The van der Waals surface area contributed by atoms with E-state index in [0.717, 1.165) is 4.90 Å². The third-order valence-corrected chi connectivity index (χ3v) is 9.60. The first-order valence-electron chi connectivity index (χ1n) is 15.7. The number of hydrogen-bond donors (Lipinski definition) is 1. The van der Waals surface area contributed by atoms with E-state index in [9.17, 15) is 14.4 Å². The van der Waals surface area contributed by atoms with E-state index in [1.807, 2.05) is 13.8 Å². The first kappa shape index (κ1) is 31.2. The Bertz CT molecular complexity index is 2280. The molecule has 2 atom stereocenters. The number of rotatable bonds is 4. The minimum absolute atomic E-state index is 0.0302. The number of pyridine rings is 1. The van der Waals surface area contributed by atoms with Gasteiger partial charge in [0.15, 0.2) is 11.6 Å². The molecule has 1 N–H and O–H groups in total. The van der Waals surface area contributed by atoms with Gasteiger partial charge in [-0.15, -0.1) is 0 Å². The molecular formula is C35H34F2N8O3. The average Bonchev–Trinajstić information content (AvgIpc) is 3.51. The highest BCUT2D eigenvalue weighted by molar-refractivity contribution is 6.15.